The van der Waals surface area contributed by atoms with Crippen LogP contribution in [0.5, 0.6) is 0 Å². The van der Waals surface area contributed by atoms with Crippen LogP contribution in [-0.2, 0) is 0 Å². The summed E-state index contributed by atoms with van der Waals surface area (Å²) in [5.74, 6) is 1.80. The lowest BCUT2D eigenvalue weighted by molar-refractivity contribution is 0.627. The number of terminal acetylenes is 1. The van der Waals surface area contributed by atoms with Crippen LogP contribution in [0.15, 0.2) is 12.4 Å². The molecule has 0 aliphatic carbocycles. The predicted octanol–water partition coefficient (Wildman–Crippen LogP) is 1.14. The number of aromatic amines is 1. The van der Waals surface area contributed by atoms with Gasteiger partial charge in [-0.25, -0.2) is 4.39 Å². The molecular weight excluding hydrogens is 105 g/mol. The predicted molar refractivity (Wildman–Crippen MR) is 28.7 cm³/mol. The molecule has 0 saturated heterocycles. The third-order valence-electron chi connectivity index (χ3n) is 0.851. The fraction of sp³-hybridized carbons (Fsp3) is 0. The molecule has 1 rings (SSSR count). The smallest absolute Gasteiger partial charge is 0.156 e. The van der Waals surface area contributed by atoms with Crippen LogP contribution in [-0.4, -0.2) is 4.98 Å². The van der Waals surface area contributed by atoms with Crippen molar-refractivity contribution in [2.24, 2.45) is 0 Å². The minimum absolute atomic E-state index is 0.282. The molecule has 0 radical (unpaired) electrons. The van der Waals surface area contributed by atoms with E-state index in [4.69, 9.17) is 6.42 Å². The van der Waals surface area contributed by atoms with Gasteiger partial charge in [-0.3, -0.25) is 0 Å². The van der Waals surface area contributed by atoms with E-state index in [2.05, 4.69) is 10.9 Å². The lowest BCUT2D eigenvalue weighted by atomic mass is 10.3. The van der Waals surface area contributed by atoms with Crippen molar-refractivity contribution in [1.82, 2.24) is 4.98 Å². The lowest BCUT2D eigenvalue weighted by Crippen LogP contribution is -1.68. The van der Waals surface area contributed by atoms with Gasteiger partial charge in [0.1, 0.15) is 0 Å². The molecule has 0 bridgehead atoms. The molecule has 2 heteroatoms. The summed E-state index contributed by atoms with van der Waals surface area (Å²) >= 11 is 0. The van der Waals surface area contributed by atoms with Crippen LogP contribution in [0.3, 0.4) is 0 Å². The number of hydrogen-bond acceptors (Lipinski definition) is 0. The van der Waals surface area contributed by atoms with Gasteiger partial charge in [-0.05, 0) is 0 Å². The van der Waals surface area contributed by atoms with Crippen LogP contribution in [0, 0.1) is 18.2 Å². The molecule has 0 aliphatic heterocycles. The van der Waals surface area contributed by atoms with Crippen LogP contribution >= 0.6 is 0 Å². The second-order valence-electron chi connectivity index (χ2n) is 1.36. The fourth-order valence-corrected chi connectivity index (χ4v) is 0.455. The Balaban J connectivity index is 3.15. The van der Waals surface area contributed by atoms with E-state index in [9.17, 15) is 4.39 Å². The maximum atomic E-state index is 12.2. The molecule has 8 heavy (non-hydrogen) atoms. The van der Waals surface area contributed by atoms with E-state index in [1.165, 1.54) is 12.4 Å². The van der Waals surface area contributed by atoms with E-state index in [1.54, 1.807) is 0 Å². The van der Waals surface area contributed by atoms with Crippen molar-refractivity contribution in [1.29, 1.82) is 0 Å². The average Bonchev–Trinajstić information content (AvgIpc) is 2.14. The molecule has 0 aliphatic rings. The Morgan fingerprint density at radius 2 is 2.38 bits per heavy atom. The highest BCUT2D eigenvalue weighted by Gasteiger charge is 1.94. The zero-order valence-corrected chi connectivity index (χ0v) is 4.11. The van der Waals surface area contributed by atoms with Gasteiger partial charge in [0.25, 0.3) is 0 Å². The second kappa shape index (κ2) is 1.71. The third-order valence-corrected chi connectivity index (χ3v) is 0.851. The highest BCUT2D eigenvalue weighted by Crippen LogP contribution is 2.00. The van der Waals surface area contributed by atoms with Gasteiger partial charge in [0, 0.05) is 12.4 Å². The van der Waals surface area contributed by atoms with Crippen molar-refractivity contribution in [3.8, 4) is 12.3 Å². The number of aromatic nitrogens is 1. The molecular formula is C6H4FN. The molecule has 1 aromatic rings. The maximum Gasteiger partial charge on any atom is 0.156 e. The van der Waals surface area contributed by atoms with Crippen LogP contribution in [0.4, 0.5) is 4.39 Å². The minimum Gasteiger partial charge on any atom is -0.364 e. The standard InChI is InChI=1S/C6H4FN/c1-2-5-3-8-4-6(5)7/h1,3-4,8H. The van der Waals surface area contributed by atoms with Crippen LogP contribution in [0.1, 0.15) is 5.56 Å². The lowest BCUT2D eigenvalue weighted by Gasteiger charge is -1.74. The summed E-state index contributed by atoms with van der Waals surface area (Å²) < 4.78 is 12.2. The first kappa shape index (κ1) is 4.92. The molecule has 0 fully saturated rings. The Morgan fingerprint density at radius 1 is 1.62 bits per heavy atom. The van der Waals surface area contributed by atoms with E-state index in [0.717, 1.165) is 0 Å². The first-order valence-electron chi connectivity index (χ1n) is 2.13. The van der Waals surface area contributed by atoms with Crippen molar-refractivity contribution in [3.63, 3.8) is 0 Å². The molecule has 1 aromatic heterocycles. The minimum atomic E-state index is -0.368. The van der Waals surface area contributed by atoms with Crippen molar-refractivity contribution in [2.75, 3.05) is 0 Å². The van der Waals surface area contributed by atoms with E-state index in [1.807, 2.05) is 0 Å². The molecule has 0 amide bonds. The van der Waals surface area contributed by atoms with Crippen LogP contribution in [0.2, 0.25) is 0 Å². The number of H-pyrrole nitrogens is 1. The number of rotatable bonds is 0. The summed E-state index contributed by atoms with van der Waals surface area (Å²) in [5, 5.41) is 0. The monoisotopic (exact) mass is 109 g/mol. The summed E-state index contributed by atoms with van der Waals surface area (Å²) in [6, 6.07) is 0. The molecule has 0 saturated carbocycles. The van der Waals surface area contributed by atoms with Gasteiger partial charge in [-0.15, -0.1) is 6.42 Å². The summed E-state index contributed by atoms with van der Waals surface area (Å²) in [5.41, 5.74) is 0.282. The quantitative estimate of drug-likeness (QED) is 0.481. The van der Waals surface area contributed by atoms with E-state index in [-0.39, 0.29) is 11.4 Å². The first-order chi connectivity index (χ1) is 3.84. The van der Waals surface area contributed by atoms with Gasteiger partial charge in [-0.2, -0.15) is 0 Å². The largest absolute Gasteiger partial charge is 0.364 e. The molecule has 0 unspecified atom stereocenters. The Hall–Kier alpha value is -1.23. The van der Waals surface area contributed by atoms with Crippen LogP contribution in [0.25, 0.3) is 0 Å². The highest BCUT2D eigenvalue weighted by molar-refractivity contribution is 5.30. The maximum absolute atomic E-state index is 12.2. The SMILES string of the molecule is C#Cc1c[nH]cc1F. The summed E-state index contributed by atoms with van der Waals surface area (Å²) in [6.45, 7) is 0. The normalized spacial score (nSPS) is 8.50. The molecule has 40 valence electrons. The average molecular weight is 109 g/mol. The van der Waals surface area contributed by atoms with E-state index < -0.39 is 0 Å². The van der Waals surface area contributed by atoms with Gasteiger partial charge in [-0.1, -0.05) is 5.92 Å². The van der Waals surface area contributed by atoms with E-state index >= 15 is 0 Å². The summed E-state index contributed by atoms with van der Waals surface area (Å²) in [7, 11) is 0. The van der Waals surface area contributed by atoms with Gasteiger partial charge in [0.2, 0.25) is 0 Å². The van der Waals surface area contributed by atoms with Crippen molar-refractivity contribution >= 4 is 0 Å². The highest BCUT2D eigenvalue weighted by atomic mass is 19.1. The van der Waals surface area contributed by atoms with Gasteiger partial charge < -0.3 is 4.98 Å². The van der Waals surface area contributed by atoms with E-state index in [0.29, 0.717) is 0 Å². The molecule has 0 spiro atoms. The first-order valence-corrected chi connectivity index (χ1v) is 2.13. The van der Waals surface area contributed by atoms with Gasteiger partial charge in [0.05, 0.1) is 5.56 Å². The van der Waals surface area contributed by atoms with Crippen molar-refractivity contribution in [3.05, 3.63) is 23.8 Å². The Labute approximate surface area is 46.5 Å². The number of hydrogen-bond donors (Lipinski definition) is 1. The van der Waals surface area contributed by atoms with Crippen molar-refractivity contribution < 1.29 is 4.39 Å². The summed E-state index contributed by atoms with van der Waals surface area (Å²) in [4.78, 5) is 2.53. The Bertz CT molecular complexity index is 219. The zero-order chi connectivity index (χ0) is 5.98. The molecule has 0 atom stereocenters. The molecule has 1 heterocycles. The Morgan fingerprint density at radius 3 is 2.62 bits per heavy atom. The molecule has 1 nitrogen and oxygen atoms in total. The van der Waals surface area contributed by atoms with Crippen LogP contribution < -0.4 is 0 Å². The zero-order valence-electron chi connectivity index (χ0n) is 4.11. The number of halogens is 1. The van der Waals surface area contributed by atoms with Crippen molar-refractivity contribution in [2.45, 2.75) is 0 Å². The molecule has 0 aromatic carbocycles. The second-order valence-corrected chi connectivity index (χ2v) is 1.36. The number of nitrogens with one attached hydrogen (secondary N) is 1. The fourth-order valence-electron chi connectivity index (χ4n) is 0.455. The van der Waals surface area contributed by atoms with Gasteiger partial charge in [0.15, 0.2) is 5.82 Å². The third kappa shape index (κ3) is 0.584. The topological polar surface area (TPSA) is 15.8 Å². The molecule has 1 N–H and O–H groups in total. The van der Waals surface area contributed by atoms with Gasteiger partial charge >= 0.3 is 0 Å². The Kier molecular flexibility index (Phi) is 1.05. The summed E-state index contributed by atoms with van der Waals surface area (Å²) in [6.07, 6.45) is 7.54.